The molecule has 0 bridgehead atoms. The summed E-state index contributed by atoms with van der Waals surface area (Å²) in [6.07, 6.45) is 0.611. The van der Waals surface area contributed by atoms with Crippen molar-refractivity contribution in [1.29, 1.82) is 0 Å². The van der Waals surface area contributed by atoms with Crippen molar-refractivity contribution in [2.75, 3.05) is 10.6 Å². The zero-order valence-electron chi connectivity index (χ0n) is 10.5. The van der Waals surface area contributed by atoms with Crippen LogP contribution in [0.1, 0.15) is 5.56 Å². The summed E-state index contributed by atoms with van der Waals surface area (Å²) >= 11 is 3.18. The highest BCUT2D eigenvalue weighted by molar-refractivity contribution is 9.10. The van der Waals surface area contributed by atoms with Gasteiger partial charge >= 0.3 is 0 Å². The molecule has 1 heterocycles. The zero-order valence-corrected chi connectivity index (χ0v) is 12.1. The monoisotopic (exact) mass is 334 g/mol. The van der Waals surface area contributed by atoms with Crippen LogP contribution in [0.5, 0.6) is 0 Å². The zero-order chi connectivity index (χ0) is 14.1. The molecule has 1 aliphatic rings. The lowest BCUT2D eigenvalue weighted by atomic mass is 10.1. The van der Waals surface area contributed by atoms with Crippen molar-refractivity contribution in [2.24, 2.45) is 0 Å². The number of amides is 1. The van der Waals surface area contributed by atoms with Crippen LogP contribution in [0, 0.1) is 5.82 Å². The number of hydrogen-bond donors (Lipinski definition) is 2. The topological polar surface area (TPSA) is 41.1 Å². The first-order valence-corrected chi connectivity index (χ1v) is 7.03. The Morgan fingerprint density at radius 1 is 1.30 bits per heavy atom. The summed E-state index contributed by atoms with van der Waals surface area (Å²) in [5.74, 6) is -0.689. The molecule has 1 unspecified atom stereocenters. The number of para-hydroxylation sites is 1. The Morgan fingerprint density at radius 2 is 2.10 bits per heavy atom. The lowest BCUT2D eigenvalue weighted by Crippen LogP contribution is -2.33. The fourth-order valence-corrected chi connectivity index (χ4v) is 2.60. The third-order valence-corrected chi connectivity index (χ3v) is 3.77. The molecule has 0 aromatic heterocycles. The van der Waals surface area contributed by atoms with Gasteiger partial charge in [0.15, 0.2) is 0 Å². The summed E-state index contributed by atoms with van der Waals surface area (Å²) in [5, 5.41) is 5.76. The van der Waals surface area contributed by atoms with Crippen LogP contribution in [-0.4, -0.2) is 11.9 Å². The Kier molecular flexibility index (Phi) is 3.44. The van der Waals surface area contributed by atoms with Crippen LogP contribution in [0.4, 0.5) is 15.8 Å². The minimum atomic E-state index is -0.455. The minimum Gasteiger partial charge on any atom is -0.373 e. The van der Waals surface area contributed by atoms with Crippen molar-refractivity contribution >= 4 is 33.2 Å². The molecule has 1 atom stereocenters. The van der Waals surface area contributed by atoms with Gasteiger partial charge in [-0.3, -0.25) is 4.79 Å². The van der Waals surface area contributed by atoms with Crippen LogP contribution in [0.25, 0.3) is 0 Å². The van der Waals surface area contributed by atoms with Crippen molar-refractivity contribution in [3.8, 4) is 0 Å². The third-order valence-electron chi connectivity index (χ3n) is 3.28. The summed E-state index contributed by atoms with van der Waals surface area (Å²) in [7, 11) is 0. The maximum absolute atomic E-state index is 13.7. The van der Waals surface area contributed by atoms with E-state index >= 15 is 0 Å². The molecule has 0 radical (unpaired) electrons. The quantitative estimate of drug-likeness (QED) is 0.881. The second kappa shape index (κ2) is 5.25. The van der Waals surface area contributed by atoms with Crippen molar-refractivity contribution < 1.29 is 9.18 Å². The van der Waals surface area contributed by atoms with Crippen molar-refractivity contribution in [2.45, 2.75) is 12.5 Å². The molecule has 0 saturated carbocycles. The highest BCUT2D eigenvalue weighted by Crippen LogP contribution is 2.26. The van der Waals surface area contributed by atoms with Crippen LogP contribution in [0.2, 0.25) is 0 Å². The first kappa shape index (κ1) is 13.1. The molecule has 20 heavy (non-hydrogen) atoms. The maximum atomic E-state index is 13.7. The molecule has 0 aliphatic carbocycles. The lowest BCUT2D eigenvalue weighted by Gasteiger charge is -2.12. The molecule has 3 nitrogen and oxygen atoms in total. The molecular formula is C15H12BrFN2O. The smallest absolute Gasteiger partial charge is 0.247 e. The molecule has 1 aliphatic heterocycles. The van der Waals surface area contributed by atoms with Gasteiger partial charge in [-0.25, -0.2) is 4.39 Å². The third kappa shape index (κ3) is 2.54. The highest BCUT2D eigenvalue weighted by Gasteiger charge is 2.26. The summed E-state index contributed by atoms with van der Waals surface area (Å²) < 4.78 is 14.3. The Balaban J connectivity index is 1.72. The maximum Gasteiger partial charge on any atom is 0.247 e. The molecule has 2 aromatic rings. The number of carbonyl (C=O) groups is 1. The summed E-state index contributed by atoms with van der Waals surface area (Å²) in [6.45, 7) is 0. The van der Waals surface area contributed by atoms with Gasteiger partial charge in [0, 0.05) is 16.6 Å². The van der Waals surface area contributed by atoms with Crippen LogP contribution >= 0.6 is 15.9 Å². The van der Waals surface area contributed by atoms with Crippen molar-refractivity contribution in [3.05, 3.63) is 58.3 Å². The van der Waals surface area contributed by atoms with Crippen LogP contribution in [-0.2, 0) is 11.2 Å². The average molecular weight is 335 g/mol. The van der Waals surface area contributed by atoms with E-state index in [4.69, 9.17) is 0 Å². The van der Waals surface area contributed by atoms with Crippen LogP contribution in [0.3, 0.4) is 0 Å². The van der Waals surface area contributed by atoms with Gasteiger partial charge in [-0.05, 0) is 29.8 Å². The van der Waals surface area contributed by atoms with Gasteiger partial charge in [0.1, 0.15) is 11.9 Å². The molecule has 3 rings (SSSR count). The van der Waals surface area contributed by atoms with Crippen LogP contribution in [0.15, 0.2) is 46.9 Å². The summed E-state index contributed by atoms with van der Waals surface area (Å²) in [4.78, 5) is 12.2. The first-order chi connectivity index (χ1) is 9.63. The van der Waals surface area contributed by atoms with E-state index < -0.39 is 5.82 Å². The van der Waals surface area contributed by atoms with E-state index in [0.29, 0.717) is 10.9 Å². The standard InChI is InChI=1S/C15H12BrFN2O/c16-10-5-6-13(11(17)8-10)19-15(20)14-7-9-3-1-2-4-12(9)18-14/h1-6,8,14,18H,7H2,(H,19,20). The molecule has 2 aromatic carbocycles. The van der Waals surface area contributed by atoms with Crippen molar-refractivity contribution in [3.63, 3.8) is 0 Å². The molecule has 0 fully saturated rings. The second-order valence-corrected chi connectivity index (χ2v) is 5.59. The van der Waals surface area contributed by atoms with E-state index in [1.165, 1.54) is 6.07 Å². The SMILES string of the molecule is O=C(Nc1ccc(Br)cc1F)C1Cc2ccccc2N1. The Hall–Kier alpha value is -1.88. The molecule has 2 N–H and O–H groups in total. The number of halogens is 2. The van der Waals surface area contributed by atoms with Gasteiger partial charge in [-0.1, -0.05) is 34.1 Å². The van der Waals surface area contributed by atoms with E-state index in [1.54, 1.807) is 12.1 Å². The number of anilines is 2. The Bertz CT molecular complexity index is 650. The predicted octanol–water partition coefficient (Wildman–Crippen LogP) is 3.56. The van der Waals surface area contributed by atoms with E-state index in [1.807, 2.05) is 24.3 Å². The van der Waals surface area contributed by atoms with Gasteiger partial charge in [-0.15, -0.1) is 0 Å². The average Bonchev–Trinajstić information content (AvgIpc) is 2.86. The van der Waals surface area contributed by atoms with E-state index in [0.717, 1.165) is 11.3 Å². The van der Waals surface area contributed by atoms with Crippen molar-refractivity contribution in [1.82, 2.24) is 0 Å². The Labute approximate surface area is 124 Å². The highest BCUT2D eigenvalue weighted by atomic mass is 79.9. The molecule has 5 heteroatoms. The number of fused-ring (bicyclic) bond motifs is 1. The fourth-order valence-electron chi connectivity index (χ4n) is 2.27. The van der Waals surface area contributed by atoms with Gasteiger partial charge in [0.05, 0.1) is 5.69 Å². The van der Waals surface area contributed by atoms with Gasteiger partial charge in [0.25, 0.3) is 0 Å². The van der Waals surface area contributed by atoms with Gasteiger partial charge in [-0.2, -0.15) is 0 Å². The summed E-state index contributed by atoms with van der Waals surface area (Å²) in [5.41, 5.74) is 2.25. The molecule has 0 spiro atoms. The fraction of sp³-hybridized carbons (Fsp3) is 0.133. The summed E-state index contributed by atoms with van der Waals surface area (Å²) in [6, 6.07) is 12.0. The number of benzene rings is 2. The number of hydrogen-bond acceptors (Lipinski definition) is 2. The second-order valence-electron chi connectivity index (χ2n) is 4.67. The first-order valence-electron chi connectivity index (χ1n) is 6.24. The predicted molar refractivity (Wildman–Crippen MR) is 80.3 cm³/mol. The largest absolute Gasteiger partial charge is 0.373 e. The number of nitrogens with one attached hydrogen (secondary N) is 2. The van der Waals surface area contributed by atoms with E-state index in [-0.39, 0.29) is 17.6 Å². The molecule has 1 amide bonds. The molecule has 102 valence electrons. The van der Waals surface area contributed by atoms with Gasteiger partial charge < -0.3 is 10.6 Å². The van der Waals surface area contributed by atoms with E-state index in [2.05, 4.69) is 26.6 Å². The molecular weight excluding hydrogens is 323 g/mol. The minimum absolute atomic E-state index is 0.191. The van der Waals surface area contributed by atoms with E-state index in [9.17, 15) is 9.18 Å². The Morgan fingerprint density at radius 3 is 2.85 bits per heavy atom. The number of rotatable bonds is 2. The lowest BCUT2D eigenvalue weighted by molar-refractivity contribution is -0.116. The molecule has 0 saturated heterocycles. The normalized spacial score (nSPS) is 16.4. The number of carbonyl (C=O) groups excluding carboxylic acids is 1. The van der Waals surface area contributed by atoms with Gasteiger partial charge in [0.2, 0.25) is 5.91 Å². The van der Waals surface area contributed by atoms with Crippen LogP contribution < -0.4 is 10.6 Å².